The Morgan fingerprint density at radius 2 is 2.02 bits per heavy atom. The highest BCUT2D eigenvalue weighted by Crippen LogP contribution is 2.27. The predicted molar refractivity (Wildman–Crippen MR) is 157 cm³/mol. The van der Waals surface area contributed by atoms with Gasteiger partial charge in [-0.2, -0.15) is 0 Å². The molecule has 4 heterocycles. The van der Waals surface area contributed by atoms with Gasteiger partial charge in [0.05, 0.1) is 24.5 Å². The van der Waals surface area contributed by atoms with E-state index in [4.69, 9.17) is 16.1 Å². The molecule has 3 N–H and O–H groups in total. The second kappa shape index (κ2) is 12.5. The van der Waals surface area contributed by atoms with Crippen LogP contribution in [0.4, 0.5) is 10.1 Å². The monoisotopic (exact) mass is 544 g/mol. The highest BCUT2D eigenvalue weighted by molar-refractivity contribution is 5.74. The summed E-state index contributed by atoms with van der Waals surface area (Å²) in [6, 6.07) is 5.58. The minimum atomic E-state index is -0.515. The maximum Gasteiger partial charge on any atom is 0.261 e. The smallest absolute Gasteiger partial charge is 0.261 e. The van der Waals surface area contributed by atoms with Crippen LogP contribution < -0.4 is 15.6 Å². The Morgan fingerprint density at radius 1 is 1.23 bits per heavy atom. The van der Waals surface area contributed by atoms with Gasteiger partial charge in [-0.1, -0.05) is 11.5 Å². The van der Waals surface area contributed by atoms with Crippen molar-refractivity contribution in [1.82, 2.24) is 24.8 Å². The molecule has 40 heavy (non-hydrogen) atoms. The van der Waals surface area contributed by atoms with Crippen molar-refractivity contribution in [1.29, 1.82) is 0 Å². The fourth-order valence-electron chi connectivity index (χ4n) is 5.57. The molecule has 1 aromatic carbocycles. The Bertz CT molecular complexity index is 1460. The van der Waals surface area contributed by atoms with Gasteiger partial charge in [0.1, 0.15) is 23.0 Å². The topological polar surface area (TPSA) is 89.3 Å². The first-order chi connectivity index (χ1) is 19.4. The molecule has 0 bridgehead atoms. The van der Waals surface area contributed by atoms with E-state index < -0.39 is 6.04 Å². The number of pyridine rings is 1. The van der Waals surface area contributed by atoms with Gasteiger partial charge in [0, 0.05) is 50.1 Å². The molecule has 0 amide bonds. The highest BCUT2D eigenvalue weighted by Gasteiger charge is 2.21. The number of nitrogens with one attached hydrogen (secondary N) is 3. The van der Waals surface area contributed by atoms with Crippen molar-refractivity contribution in [2.45, 2.75) is 38.6 Å². The van der Waals surface area contributed by atoms with E-state index in [2.05, 4.69) is 37.1 Å². The summed E-state index contributed by atoms with van der Waals surface area (Å²) in [5.74, 6) is 3.37. The van der Waals surface area contributed by atoms with Crippen LogP contribution in [0, 0.1) is 25.1 Å². The average Bonchev–Trinajstić information content (AvgIpc) is 3.70. The number of aromatic nitrogens is 3. The van der Waals surface area contributed by atoms with E-state index in [0.717, 1.165) is 44.0 Å². The molecule has 2 aliphatic rings. The van der Waals surface area contributed by atoms with E-state index in [1.165, 1.54) is 50.7 Å². The van der Waals surface area contributed by atoms with Gasteiger partial charge in [0.2, 0.25) is 0 Å². The largest absolute Gasteiger partial charge is 0.496 e. The van der Waals surface area contributed by atoms with Crippen molar-refractivity contribution in [3.63, 3.8) is 0 Å². The Morgan fingerprint density at radius 3 is 2.80 bits per heavy atom. The summed E-state index contributed by atoms with van der Waals surface area (Å²) in [6.45, 7) is 8.65. The molecule has 9 heteroatoms. The van der Waals surface area contributed by atoms with E-state index in [1.807, 2.05) is 6.92 Å². The second-order valence-electron chi connectivity index (χ2n) is 10.6. The lowest BCUT2D eigenvalue weighted by Gasteiger charge is -2.20. The normalized spacial score (nSPS) is 17.8. The average molecular weight is 545 g/mol. The summed E-state index contributed by atoms with van der Waals surface area (Å²) in [6.07, 6.45) is 13.5. The number of ether oxygens (including phenoxy) is 1. The number of anilines is 1. The fourth-order valence-corrected chi connectivity index (χ4v) is 5.57. The summed E-state index contributed by atoms with van der Waals surface area (Å²) in [5.41, 5.74) is 4.34. The molecular formula is C31H37FN6O2. The molecule has 3 aromatic rings. The zero-order chi connectivity index (χ0) is 28.1. The maximum absolute atomic E-state index is 13.9. The molecule has 8 nitrogen and oxygen atoms in total. The minimum absolute atomic E-state index is 0.286. The number of aryl methyl sites for hydroxylation is 1. The van der Waals surface area contributed by atoms with Crippen molar-refractivity contribution in [2.75, 3.05) is 51.7 Å². The first-order valence-corrected chi connectivity index (χ1v) is 13.9. The number of terminal acetylenes is 1. The van der Waals surface area contributed by atoms with Gasteiger partial charge in [-0.25, -0.2) is 9.37 Å². The van der Waals surface area contributed by atoms with Crippen molar-refractivity contribution in [3.8, 4) is 29.5 Å². The second-order valence-corrected chi connectivity index (χ2v) is 10.6. The summed E-state index contributed by atoms with van der Waals surface area (Å²) in [4.78, 5) is 28.9. The molecule has 1 atom stereocenters. The fraction of sp³-hybridized carbons (Fsp3) is 0.419. The number of H-pyrrole nitrogens is 2. The lowest BCUT2D eigenvalue weighted by Crippen LogP contribution is -2.32. The van der Waals surface area contributed by atoms with Crippen LogP contribution in [-0.2, 0) is 6.42 Å². The number of hydrogen-bond donors (Lipinski definition) is 3. The van der Waals surface area contributed by atoms with Crippen molar-refractivity contribution in [3.05, 3.63) is 69.2 Å². The Balaban J connectivity index is 1.32. The van der Waals surface area contributed by atoms with Crippen molar-refractivity contribution in [2.24, 2.45) is 0 Å². The molecule has 2 fully saturated rings. The van der Waals surface area contributed by atoms with Crippen LogP contribution in [0.25, 0.3) is 17.5 Å². The molecule has 0 unspecified atom stereocenters. The number of benzene rings is 1. The zero-order valence-electron chi connectivity index (χ0n) is 23.2. The van der Waals surface area contributed by atoms with Crippen LogP contribution in [0.2, 0.25) is 0 Å². The minimum Gasteiger partial charge on any atom is -0.496 e. The van der Waals surface area contributed by atoms with Crippen molar-refractivity contribution >= 4 is 11.8 Å². The van der Waals surface area contributed by atoms with Crippen molar-refractivity contribution < 1.29 is 9.13 Å². The van der Waals surface area contributed by atoms with Gasteiger partial charge in [0.25, 0.3) is 5.56 Å². The van der Waals surface area contributed by atoms with Crippen LogP contribution in [0.5, 0.6) is 5.75 Å². The molecule has 2 aromatic heterocycles. The Kier molecular flexibility index (Phi) is 8.68. The zero-order valence-corrected chi connectivity index (χ0v) is 23.2. The number of nitrogens with zero attached hydrogens (tertiary/aromatic N) is 3. The van der Waals surface area contributed by atoms with Crippen LogP contribution in [0.15, 0.2) is 40.8 Å². The van der Waals surface area contributed by atoms with E-state index >= 15 is 0 Å². The summed E-state index contributed by atoms with van der Waals surface area (Å²) < 4.78 is 19.3. The van der Waals surface area contributed by atoms with E-state index in [1.54, 1.807) is 18.3 Å². The molecule has 5 rings (SSSR count). The van der Waals surface area contributed by atoms with E-state index in [9.17, 15) is 9.18 Å². The van der Waals surface area contributed by atoms with E-state index in [0.29, 0.717) is 34.8 Å². The number of aromatic amines is 2. The quantitative estimate of drug-likeness (QED) is 0.334. The molecule has 210 valence electrons. The van der Waals surface area contributed by atoms with Crippen LogP contribution >= 0.6 is 0 Å². The van der Waals surface area contributed by atoms with Gasteiger partial charge < -0.3 is 24.9 Å². The third-order valence-corrected chi connectivity index (χ3v) is 7.77. The first-order valence-electron chi connectivity index (χ1n) is 13.9. The predicted octanol–water partition coefficient (Wildman–Crippen LogP) is 4.06. The molecule has 2 aliphatic heterocycles. The number of methoxy groups -OCH3 is 1. The van der Waals surface area contributed by atoms with Crippen LogP contribution in [-0.4, -0.2) is 77.2 Å². The van der Waals surface area contributed by atoms with Crippen LogP contribution in [0.1, 0.15) is 36.2 Å². The number of hydrogen-bond acceptors (Lipinski definition) is 6. The van der Waals surface area contributed by atoms with Gasteiger partial charge >= 0.3 is 0 Å². The number of imidazole rings is 1. The Labute approximate surface area is 234 Å². The summed E-state index contributed by atoms with van der Waals surface area (Å²) >= 11 is 0. The van der Waals surface area contributed by atoms with Gasteiger partial charge in [-0.05, 0) is 69.6 Å². The van der Waals surface area contributed by atoms with Gasteiger partial charge in [-0.3, -0.25) is 9.69 Å². The Hall–Kier alpha value is -3.87. The van der Waals surface area contributed by atoms with Gasteiger partial charge in [0.15, 0.2) is 0 Å². The first kappa shape index (κ1) is 27.7. The third-order valence-electron chi connectivity index (χ3n) is 7.77. The summed E-state index contributed by atoms with van der Waals surface area (Å²) in [7, 11) is 1.54. The standard InChI is InChI=1S/C31H37FN6O2/c1-4-25(19-23-18-24(32)7-8-28(23)40-3)35-26-9-11-33-31(39)29(26)30-34-21(2)27(36-30)17-22-10-14-38(20-22)16-15-37-12-5-6-13-37/h1,7-9,11,17-18,25H,5-6,10,12-16,19-20H2,2-3H3,(H,34,36)(H2,33,35,39)/b22-17+/t25-/m0/s1. The number of halogens is 1. The van der Waals surface area contributed by atoms with Crippen LogP contribution in [0.3, 0.4) is 0 Å². The molecule has 0 spiro atoms. The molecule has 0 aliphatic carbocycles. The number of likely N-dealkylation sites (tertiary alicyclic amines) is 2. The van der Waals surface area contributed by atoms with E-state index in [-0.39, 0.29) is 11.4 Å². The highest BCUT2D eigenvalue weighted by atomic mass is 19.1. The molecule has 0 radical (unpaired) electrons. The molecule has 0 saturated carbocycles. The maximum atomic E-state index is 13.9. The number of rotatable bonds is 10. The lowest BCUT2D eigenvalue weighted by atomic mass is 10.0. The molecule has 2 saturated heterocycles. The SMILES string of the molecule is C#C[C@@H](Cc1cc(F)ccc1OC)Nc1cc[nH]c(=O)c1-c1nc(/C=C2\CCN(CCN3CCCC3)C2)c(C)[nH]1. The summed E-state index contributed by atoms with van der Waals surface area (Å²) in [5, 5.41) is 3.28. The third kappa shape index (κ3) is 6.46. The van der Waals surface area contributed by atoms with Gasteiger partial charge in [-0.15, -0.1) is 6.42 Å². The molecular weight excluding hydrogens is 507 g/mol. The lowest BCUT2D eigenvalue weighted by molar-refractivity contribution is 0.260.